The predicted molar refractivity (Wildman–Crippen MR) is 102 cm³/mol. The molecule has 3 aliphatic heterocycles. The number of allylic oxidation sites excluding steroid dienone is 2. The molecule has 7 heteroatoms. The largest absolute Gasteiger partial charge is 0.623 e. The van der Waals surface area contributed by atoms with Gasteiger partial charge in [0.2, 0.25) is 11.8 Å². The second kappa shape index (κ2) is 5.81. The average molecular weight is 384 g/mol. The van der Waals surface area contributed by atoms with Crippen molar-refractivity contribution in [3.63, 3.8) is 0 Å². The predicted octanol–water partition coefficient (Wildman–Crippen LogP) is 2.16. The second-order valence-electron chi connectivity index (χ2n) is 8.00. The highest BCUT2D eigenvalue weighted by Gasteiger charge is 2.79. The molecule has 5 rings (SSSR count). The van der Waals surface area contributed by atoms with Crippen LogP contribution < -0.4 is 5.32 Å². The molecule has 1 saturated heterocycles. The lowest BCUT2D eigenvalue weighted by atomic mass is 9.52. The smallest absolute Gasteiger partial charge is 0.310 e. The maximum atomic E-state index is 13.2. The summed E-state index contributed by atoms with van der Waals surface area (Å²) in [5.74, 6) is -0.882. The van der Waals surface area contributed by atoms with Crippen LogP contribution in [0.1, 0.15) is 25.3 Å². The number of para-hydroxylation sites is 1. The van der Waals surface area contributed by atoms with E-state index in [2.05, 4.69) is 5.32 Å². The van der Waals surface area contributed by atoms with Crippen molar-refractivity contribution < 1.29 is 23.7 Å². The molecule has 0 amide bonds. The zero-order valence-electron chi connectivity index (χ0n) is 16.2. The Hall–Kier alpha value is -2.38. The van der Waals surface area contributed by atoms with Gasteiger partial charge in [-0.25, -0.2) is 4.74 Å². The molecule has 1 aromatic carbocycles. The first-order valence-corrected chi connectivity index (χ1v) is 9.65. The van der Waals surface area contributed by atoms with E-state index in [-0.39, 0.29) is 11.9 Å². The maximum Gasteiger partial charge on any atom is 0.310 e. The molecule has 1 aliphatic carbocycles. The maximum absolute atomic E-state index is 13.2. The Morgan fingerprint density at radius 2 is 2.18 bits per heavy atom. The number of nitrogens with zero attached hydrogens (tertiary/aromatic N) is 1. The number of carbonyl (C=O) groups excluding carboxylic acids is 1. The SMILES string of the molecule is C/C=C1/C=[N+]([O-])[C@H]2C[C@@H]1C(C(=O)OC)[C@@]13CC(OC)O[C@@]21Nc1ccccc13. The number of ether oxygens (including phenoxy) is 3. The van der Waals surface area contributed by atoms with Crippen molar-refractivity contribution in [1.82, 2.24) is 0 Å². The third-order valence-electron chi connectivity index (χ3n) is 7.14. The van der Waals surface area contributed by atoms with E-state index in [1.807, 2.05) is 37.3 Å². The van der Waals surface area contributed by atoms with Gasteiger partial charge in [0, 0.05) is 37.1 Å². The first kappa shape index (κ1) is 17.7. The summed E-state index contributed by atoms with van der Waals surface area (Å²) in [7, 11) is 3.01. The Kier molecular flexibility index (Phi) is 3.67. The number of rotatable bonds is 2. The number of hydrogen-bond donors (Lipinski definition) is 1. The minimum Gasteiger partial charge on any atom is -0.623 e. The zero-order valence-corrected chi connectivity index (χ0v) is 16.2. The third-order valence-corrected chi connectivity index (χ3v) is 7.14. The third kappa shape index (κ3) is 1.86. The molecule has 2 fully saturated rings. The molecule has 2 unspecified atom stereocenters. The Labute approximate surface area is 163 Å². The van der Waals surface area contributed by atoms with E-state index >= 15 is 0 Å². The first-order chi connectivity index (χ1) is 13.5. The summed E-state index contributed by atoms with van der Waals surface area (Å²) < 4.78 is 18.3. The Morgan fingerprint density at radius 1 is 1.39 bits per heavy atom. The van der Waals surface area contributed by atoms with Gasteiger partial charge in [-0.05, 0) is 18.6 Å². The van der Waals surface area contributed by atoms with Crippen LogP contribution >= 0.6 is 0 Å². The number of carbonyl (C=O) groups is 1. The molecule has 1 saturated carbocycles. The van der Waals surface area contributed by atoms with Gasteiger partial charge in [-0.2, -0.15) is 0 Å². The van der Waals surface area contributed by atoms with E-state index in [1.165, 1.54) is 7.11 Å². The number of esters is 1. The monoisotopic (exact) mass is 384 g/mol. The van der Waals surface area contributed by atoms with Gasteiger partial charge in [0.05, 0.1) is 18.4 Å². The van der Waals surface area contributed by atoms with Gasteiger partial charge in [-0.3, -0.25) is 4.79 Å². The Morgan fingerprint density at radius 3 is 2.89 bits per heavy atom. The lowest BCUT2D eigenvalue weighted by molar-refractivity contribution is -0.536. The van der Waals surface area contributed by atoms with E-state index in [1.54, 1.807) is 13.3 Å². The van der Waals surface area contributed by atoms with Crippen molar-refractivity contribution in [2.75, 3.05) is 19.5 Å². The summed E-state index contributed by atoms with van der Waals surface area (Å²) in [6.45, 7) is 1.90. The molecule has 6 atom stereocenters. The van der Waals surface area contributed by atoms with Crippen molar-refractivity contribution in [3.8, 4) is 0 Å². The number of fused-ring (bicyclic) bond motifs is 3. The summed E-state index contributed by atoms with van der Waals surface area (Å²) in [6.07, 6.45) is 3.99. The van der Waals surface area contributed by atoms with Gasteiger partial charge in [0.15, 0.2) is 12.5 Å². The second-order valence-corrected chi connectivity index (χ2v) is 8.00. The summed E-state index contributed by atoms with van der Waals surface area (Å²) in [4.78, 5) is 13.2. The molecular weight excluding hydrogens is 360 g/mol. The highest BCUT2D eigenvalue weighted by atomic mass is 16.7. The molecule has 0 spiro atoms. The molecule has 1 N–H and O–H groups in total. The van der Waals surface area contributed by atoms with E-state index in [0.717, 1.165) is 21.6 Å². The van der Waals surface area contributed by atoms with Gasteiger partial charge in [0.25, 0.3) is 0 Å². The normalized spacial score (nSPS) is 41.5. The standard InChI is InChI=1S/C21H24N2O5/c1-4-12-11-23(25)16-9-13(12)18(19(24)27-3)20-10-17(26-2)28-21(16,20)22-15-8-6-5-7-14(15)20/h4-8,11,13,16-18,22H,9-10H2,1-3H3/b12-4-/t13-,16-,17?,18?,20-,21-/m0/s1. The molecule has 0 aromatic heterocycles. The van der Waals surface area contributed by atoms with Crippen molar-refractivity contribution in [3.05, 3.63) is 46.7 Å². The van der Waals surface area contributed by atoms with E-state index in [9.17, 15) is 10.0 Å². The number of hydrogen-bond acceptors (Lipinski definition) is 6. The number of methoxy groups -OCH3 is 2. The van der Waals surface area contributed by atoms with Crippen LogP contribution in [-0.2, 0) is 24.4 Å². The molecule has 0 radical (unpaired) electrons. The van der Waals surface area contributed by atoms with Crippen molar-refractivity contribution in [2.45, 2.75) is 43.2 Å². The molecule has 7 nitrogen and oxygen atoms in total. The van der Waals surface area contributed by atoms with Crippen LogP contribution in [0.2, 0.25) is 0 Å². The summed E-state index contributed by atoms with van der Waals surface area (Å²) in [6, 6.07) is 7.42. The minimum absolute atomic E-state index is 0.118. The molecule has 148 valence electrons. The van der Waals surface area contributed by atoms with Gasteiger partial charge in [0.1, 0.15) is 0 Å². The summed E-state index contributed by atoms with van der Waals surface area (Å²) in [5.41, 5.74) is 0.953. The molecule has 1 aromatic rings. The summed E-state index contributed by atoms with van der Waals surface area (Å²) in [5, 5.41) is 16.6. The van der Waals surface area contributed by atoms with E-state index in [4.69, 9.17) is 14.2 Å². The fourth-order valence-electron chi connectivity index (χ4n) is 6.13. The van der Waals surface area contributed by atoms with Crippen molar-refractivity contribution >= 4 is 17.9 Å². The molecule has 2 bridgehead atoms. The highest BCUT2D eigenvalue weighted by molar-refractivity contribution is 5.85. The number of hydroxylamine groups is 1. The van der Waals surface area contributed by atoms with Crippen LogP contribution in [0.4, 0.5) is 5.69 Å². The Bertz CT molecular complexity index is 912. The van der Waals surface area contributed by atoms with Crippen molar-refractivity contribution in [2.24, 2.45) is 11.8 Å². The molecular formula is C21H24N2O5. The van der Waals surface area contributed by atoms with Gasteiger partial charge in [-0.15, -0.1) is 0 Å². The fraction of sp³-hybridized carbons (Fsp3) is 0.524. The number of nitrogens with one attached hydrogen (secondary N) is 1. The lowest BCUT2D eigenvalue weighted by Crippen LogP contribution is -2.71. The number of anilines is 1. The highest BCUT2D eigenvalue weighted by Crippen LogP contribution is 2.67. The lowest BCUT2D eigenvalue weighted by Gasteiger charge is -2.53. The molecule has 28 heavy (non-hydrogen) atoms. The van der Waals surface area contributed by atoms with E-state index in [0.29, 0.717) is 12.8 Å². The van der Waals surface area contributed by atoms with Gasteiger partial charge in [-0.1, -0.05) is 24.3 Å². The van der Waals surface area contributed by atoms with Crippen molar-refractivity contribution in [1.29, 1.82) is 0 Å². The van der Waals surface area contributed by atoms with E-state index < -0.39 is 29.4 Å². The quantitative estimate of drug-likeness (QED) is 0.478. The van der Waals surface area contributed by atoms with Crippen LogP contribution in [0.15, 0.2) is 35.9 Å². The molecule has 3 heterocycles. The topological polar surface area (TPSA) is 82.9 Å². The fourth-order valence-corrected chi connectivity index (χ4v) is 6.13. The van der Waals surface area contributed by atoms with Crippen LogP contribution in [0.3, 0.4) is 0 Å². The average Bonchev–Trinajstić information content (AvgIpc) is 3.19. The van der Waals surface area contributed by atoms with Crippen LogP contribution in [0.25, 0.3) is 0 Å². The van der Waals surface area contributed by atoms with Crippen LogP contribution in [0.5, 0.6) is 0 Å². The minimum atomic E-state index is -1.05. The molecule has 4 aliphatic rings. The van der Waals surface area contributed by atoms with Crippen LogP contribution in [0, 0.1) is 17.0 Å². The summed E-state index contributed by atoms with van der Waals surface area (Å²) >= 11 is 0. The van der Waals surface area contributed by atoms with Crippen LogP contribution in [-0.4, -0.2) is 49.2 Å². The number of benzene rings is 1. The zero-order chi connectivity index (χ0) is 19.7. The van der Waals surface area contributed by atoms with Gasteiger partial charge < -0.3 is 24.7 Å². The Balaban J connectivity index is 1.84. The first-order valence-electron chi connectivity index (χ1n) is 9.65. The van der Waals surface area contributed by atoms with Gasteiger partial charge >= 0.3 is 5.97 Å².